The molecule has 0 saturated heterocycles. The lowest BCUT2D eigenvalue weighted by molar-refractivity contribution is -0.138. The Bertz CT molecular complexity index is 1010. The molecular formula is C22H19NO4. The minimum atomic E-state index is -0.555. The molecule has 136 valence electrons. The molecule has 27 heavy (non-hydrogen) atoms. The van der Waals surface area contributed by atoms with Crippen LogP contribution in [0.15, 0.2) is 65.4 Å². The van der Waals surface area contributed by atoms with Crippen LogP contribution in [0.4, 0.5) is 0 Å². The zero-order valence-electron chi connectivity index (χ0n) is 15.1. The number of esters is 1. The molecule has 1 atom stereocenters. The molecule has 4 rings (SSSR count). The number of aromatic hydroxyl groups is 1. The highest BCUT2D eigenvalue weighted by Crippen LogP contribution is 2.46. The molecule has 2 aromatic rings. The van der Waals surface area contributed by atoms with Crippen molar-refractivity contribution in [2.75, 3.05) is 6.61 Å². The number of ether oxygens (including phenoxy) is 1. The van der Waals surface area contributed by atoms with Gasteiger partial charge < -0.3 is 15.2 Å². The highest BCUT2D eigenvalue weighted by atomic mass is 16.5. The van der Waals surface area contributed by atoms with Crippen molar-refractivity contribution in [3.05, 3.63) is 82.1 Å². The normalized spacial score (nSPS) is 18.1. The van der Waals surface area contributed by atoms with Crippen LogP contribution < -0.4 is 5.32 Å². The topological polar surface area (TPSA) is 75.6 Å². The van der Waals surface area contributed by atoms with E-state index < -0.39 is 11.9 Å². The van der Waals surface area contributed by atoms with Gasteiger partial charge in [-0.25, -0.2) is 4.79 Å². The summed E-state index contributed by atoms with van der Waals surface area (Å²) in [6.45, 7) is 3.81. The van der Waals surface area contributed by atoms with Gasteiger partial charge in [-0.2, -0.15) is 0 Å². The molecule has 0 amide bonds. The number of nitrogens with one attached hydrogen (secondary N) is 1. The third-order valence-corrected chi connectivity index (χ3v) is 4.97. The van der Waals surface area contributed by atoms with E-state index in [1.807, 2.05) is 25.1 Å². The van der Waals surface area contributed by atoms with Crippen molar-refractivity contribution in [2.24, 2.45) is 0 Å². The van der Waals surface area contributed by atoms with Gasteiger partial charge >= 0.3 is 5.97 Å². The van der Waals surface area contributed by atoms with Crippen LogP contribution in [0.1, 0.15) is 41.3 Å². The molecule has 0 fully saturated rings. The second kappa shape index (κ2) is 6.43. The van der Waals surface area contributed by atoms with Crippen molar-refractivity contribution in [3.63, 3.8) is 0 Å². The van der Waals surface area contributed by atoms with Crippen LogP contribution in [-0.2, 0) is 9.53 Å². The van der Waals surface area contributed by atoms with Crippen molar-refractivity contribution in [1.82, 2.24) is 5.32 Å². The van der Waals surface area contributed by atoms with Crippen molar-refractivity contribution >= 4 is 17.4 Å². The third kappa shape index (κ3) is 2.63. The second-order valence-electron chi connectivity index (χ2n) is 6.57. The van der Waals surface area contributed by atoms with Gasteiger partial charge in [0.15, 0.2) is 5.78 Å². The molecule has 0 saturated carbocycles. The summed E-state index contributed by atoms with van der Waals surface area (Å²) >= 11 is 0. The third-order valence-electron chi connectivity index (χ3n) is 4.97. The Morgan fingerprint density at radius 3 is 2.44 bits per heavy atom. The number of carbonyl (C=O) groups excluding carboxylic acids is 2. The zero-order chi connectivity index (χ0) is 19.1. The summed E-state index contributed by atoms with van der Waals surface area (Å²) in [6, 6.07) is 14.0. The fourth-order valence-corrected chi connectivity index (χ4v) is 3.81. The molecule has 1 heterocycles. The Hall–Kier alpha value is -3.34. The number of hydrogen-bond acceptors (Lipinski definition) is 5. The van der Waals surface area contributed by atoms with Gasteiger partial charge in [-0.05, 0) is 31.5 Å². The number of dihydropyridines is 1. The number of ketones is 1. The van der Waals surface area contributed by atoms with Gasteiger partial charge in [-0.1, -0.05) is 36.4 Å². The second-order valence-corrected chi connectivity index (χ2v) is 6.57. The standard InChI is InChI=1S/C22H19NO4/c1-3-27-22(26)17-12(2)23-20-15-6-4-5-7-16(15)21(25)19(20)18(17)13-8-10-14(24)11-9-13/h4-11,18,23-24H,3H2,1-2H3/t18-/m1/s1. The minimum absolute atomic E-state index is 0.0968. The van der Waals surface area contributed by atoms with Crippen LogP contribution in [0.25, 0.3) is 5.70 Å². The van der Waals surface area contributed by atoms with E-state index in [0.29, 0.717) is 22.4 Å². The summed E-state index contributed by atoms with van der Waals surface area (Å²) in [6.07, 6.45) is 0. The number of allylic oxidation sites excluding steroid dienone is 2. The van der Waals surface area contributed by atoms with Crippen LogP contribution in [0.2, 0.25) is 0 Å². The highest BCUT2D eigenvalue weighted by molar-refractivity contribution is 6.23. The van der Waals surface area contributed by atoms with E-state index in [1.165, 1.54) is 0 Å². The van der Waals surface area contributed by atoms with Crippen molar-refractivity contribution in [3.8, 4) is 5.75 Å². The molecule has 5 heteroatoms. The molecule has 0 spiro atoms. The fraction of sp³-hybridized carbons (Fsp3) is 0.182. The average Bonchev–Trinajstić information content (AvgIpc) is 2.94. The lowest BCUT2D eigenvalue weighted by Crippen LogP contribution is -2.29. The van der Waals surface area contributed by atoms with Gasteiger partial charge in [0.1, 0.15) is 5.75 Å². The molecular weight excluding hydrogens is 342 g/mol. The van der Waals surface area contributed by atoms with Crippen LogP contribution in [0, 0.1) is 0 Å². The van der Waals surface area contributed by atoms with E-state index in [4.69, 9.17) is 4.74 Å². The van der Waals surface area contributed by atoms with Gasteiger partial charge in [0.05, 0.1) is 17.9 Å². The quantitative estimate of drug-likeness (QED) is 0.818. The first-order valence-corrected chi connectivity index (χ1v) is 8.85. The number of phenols is 1. The summed E-state index contributed by atoms with van der Waals surface area (Å²) in [7, 11) is 0. The molecule has 0 aromatic heterocycles. The van der Waals surface area contributed by atoms with Gasteiger partial charge in [-0.15, -0.1) is 0 Å². The monoisotopic (exact) mass is 361 g/mol. The minimum Gasteiger partial charge on any atom is -0.508 e. The molecule has 0 radical (unpaired) electrons. The summed E-state index contributed by atoms with van der Waals surface area (Å²) in [5, 5.41) is 12.9. The van der Waals surface area contributed by atoms with Crippen molar-refractivity contribution < 1.29 is 19.4 Å². The fourth-order valence-electron chi connectivity index (χ4n) is 3.81. The SMILES string of the molecule is CCOC(=O)C1=C(C)NC2=C(C(=O)c3ccccc32)[C@@H]1c1ccc(O)cc1. The first kappa shape index (κ1) is 17.1. The summed E-state index contributed by atoms with van der Waals surface area (Å²) in [5.74, 6) is -0.974. The Labute approximate surface area is 157 Å². The largest absolute Gasteiger partial charge is 0.508 e. The van der Waals surface area contributed by atoms with E-state index in [2.05, 4.69) is 5.32 Å². The molecule has 5 nitrogen and oxygen atoms in total. The average molecular weight is 361 g/mol. The predicted molar refractivity (Wildman–Crippen MR) is 101 cm³/mol. The summed E-state index contributed by atoms with van der Waals surface area (Å²) in [5.41, 5.74) is 4.57. The number of benzene rings is 2. The van der Waals surface area contributed by atoms with E-state index in [0.717, 1.165) is 16.8 Å². The molecule has 2 N–H and O–H groups in total. The molecule has 1 aliphatic heterocycles. The Morgan fingerprint density at radius 2 is 1.78 bits per heavy atom. The van der Waals surface area contributed by atoms with Crippen LogP contribution in [0.5, 0.6) is 5.75 Å². The van der Waals surface area contributed by atoms with E-state index >= 15 is 0 Å². The number of Topliss-reactive ketones (excluding diaryl/α,β-unsaturated/α-hetero) is 1. The maximum atomic E-state index is 13.2. The number of fused-ring (bicyclic) bond motifs is 2. The van der Waals surface area contributed by atoms with Crippen LogP contribution >= 0.6 is 0 Å². The number of phenolic OH excluding ortho intramolecular Hbond substituents is 1. The molecule has 2 aliphatic rings. The summed E-state index contributed by atoms with van der Waals surface area (Å²) in [4.78, 5) is 25.9. The molecule has 0 bridgehead atoms. The maximum absolute atomic E-state index is 13.2. The van der Waals surface area contributed by atoms with Crippen molar-refractivity contribution in [1.29, 1.82) is 0 Å². The van der Waals surface area contributed by atoms with Crippen LogP contribution in [-0.4, -0.2) is 23.5 Å². The van der Waals surface area contributed by atoms with E-state index in [1.54, 1.807) is 37.3 Å². The summed E-state index contributed by atoms with van der Waals surface area (Å²) < 4.78 is 5.27. The van der Waals surface area contributed by atoms with E-state index in [9.17, 15) is 14.7 Å². The predicted octanol–water partition coefficient (Wildman–Crippen LogP) is 3.52. The maximum Gasteiger partial charge on any atom is 0.336 e. The van der Waals surface area contributed by atoms with Gasteiger partial charge in [-0.3, -0.25) is 4.79 Å². The van der Waals surface area contributed by atoms with Gasteiger partial charge in [0, 0.05) is 28.3 Å². The first-order valence-electron chi connectivity index (χ1n) is 8.85. The number of rotatable bonds is 3. The number of hydrogen-bond donors (Lipinski definition) is 2. The van der Waals surface area contributed by atoms with Gasteiger partial charge in [0.25, 0.3) is 0 Å². The lowest BCUT2D eigenvalue weighted by Gasteiger charge is -2.29. The molecule has 1 aliphatic carbocycles. The highest BCUT2D eigenvalue weighted by Gasteiger charge is 2.42. The molecule has 2 aromatic carbocycles. The first-order chi connectivity index (χ1) is 13.0. The van der Waals surface area contributed by atoms with Crippen LogP contribution in [0.3, 0.4) is 0 Å². The smallest absolute Gasteiger partial charge is 0.336 e. The zero-order valence-corrected chi connectivity index (χ0v) is 15.1. The van der Waals surface area contributed by atoms with Crippen molar-refractivity contribution in [2.45, 2.75) is 19.8 Å². The van der Waals surface area contributed by atoms with E-state index in [-0.39, 0.29) is 18.1 Å². The lowest BCUT2D eigenvalue weighted by atomic mass is 9.80. The van der Waals surface area contributed by atoms with Gasteiger partial charge in [0.2, 0.25) is 0 Å². The Balaban J connectivity index is 1.92. The Kier molecular flexibility index (Phi) is 4.07. The number of carbonyl (C=O) groups is 2. The Morgan fingerprint density at radius 1 is 1.11 bits per heavy atom. The molecule has 0 unspecified atom stereocenters.